The third-order valence-electron chi connectivity index (χ3n) is 3.92. The Balaban J connectivity index is 1.80. The SMILES string of the molecule is CC(C)Cc1nc2cc(Oc3c(Br)cc(NC(=O)CC(=O)O)cc3Br)ccc2[nH]1. The highest BCUT2D eigenvalue weighted by atomic mass is 79.9. The molecule has 0 radical (unpaired) electrons. The zero-order valence-corrected chi connectivity index (χ0v) is 18.9. The number of carbonyl (C=O) groups is 2. The highest BCUT2D eigenvalue weighted by Crippen LogP contribution is 2.39. The molecule has 0 aliphatic heterocycles. The molecule has 1 amide bonds. The molecule has 1 aromatic heterocycles. The Labute approximate surface area is 184 Å². The van der Waals surface area contributed by atoms with Gasteiger partial charge in [0.15, 0.2) is 5.75 Å². The molecule has 2 aromatic carbocycles. The molecule has 0 bridgehead atoms. The van der Waals surface area contributed by atoms with Gasteiger partial charge in [-0.05, 0) is 62.0 Å². The van der Waals surface area contributed by atoms with Crippen LogP contribution in [0, 0.1) is 5.92 Å². The molecule has 0 fully saturated rings. The van der Waals surface area contributed by atoms with Crippen molar-refractivity contribution in [1.29, 1.82) is 0 Å². The molecule has 0 unspecified atom stereocenters. The Hall–Kier alpha value is -2.39. The van der Waals surface area contributed by atoms with Gasteiger partial charge in [-0.2, -0.15) is 0 Å². The first-order chi connectivity index (χ1) is 13.7. The van der Waals surface area contributed by atoms with Crippen molar-refractivity contribution < 1.29 is 19.4 Å². The van der Waals surface area contributed by atoms with E-state index in [1.165, 1.54) is 0 Å². The summed E-state index contributed by atoms with van der Waals surface area (Å²) in [5.41, 5.74) is 2.22. The lowest BCUT2D eigenvalue weighted by atomic mass is 10.1. The lowest BCUT2D eigenvalue weighted by molar-refractivity contribution is -0.139. The summed E-state index contributed by atoms with van der Waals surface area (Å²) in [6.45, 7) is 4.29. The van der Waals surface area contributed by atoms with Gasteiger partial charge in [0.25, 0.3) is 0 Å². The minimum atomic E-state index is -1.19. The van der Waals surface area contributed by atoms with E-state index in [1.807, 2.05) is 18.2 Å². The van der Waals surface area contributed by atoms with E-state index in [0.717, 1.165) is 23.3 Å². The average molecular weight is 525 g/mol. The van der Waals surface area contributed by atoms with Crippen molar-refractivity contribution in [2.75, 3.05) is 5.32 Å². The van der Waals surface area contributed by atoms with E-state index in [1.54, 1.807) is 12.1 Å². The molecule has 0 atom stereocenters. The number of aromatic nitrogens is 2. The minimum Gasteiger partial charge on any atom is -0.481 e. The van der Waals surface area contributed by atoms with Crippen molar-refractivity contribution in [3.63, 3.8) is 0 Å². The van der Waals surface area contributed by atoms with Crippen molar-refractivity contribution >= 4 is 60.5 Å². The highest BCUT2D eigenvalue weighted by molar-refractivity contribution is 9.11. The van der Waals surface area contributed by atoms with Crippen LogP contribution >= 0.6 is 31.9 Å². The number of ether oxygens (including phenoxy) is 1. The van der Waals surface area contributed by atoms with Crippen LogP contribution in [-0.2, 0) is 16.0 Å². The maximum Gasteiger partial charge on any atom is 0.312 e. The summed E-state index contributed by atoms with van der Waals surface area (Å²) in [4.78, 5) is 30.2. The van der Waals surface area contributed by atoms with Crippen molar-refractivity contribution in [2.24, 2.45) is 5.92 Å². The van der Waals surface area contributed by atoms with Crippen molar-refractivity contribution in [1.82, 2.24) is 9.97 Å². The van der Waals surface area contributed by atoms with E-state index < -0.39 is 18.3 Å². The van der Waals surface area contributed by atoms with Gasteiger partial charge in [0.2, 0.25) is 5.91 Å². The average Bonchev–Trinajstić information content (AvgIpc) is 2.97. The van der Waals surface area contributed by atoms with Crippen molar-refractivity contribution in [2.45, 2.75) is 26.7 Å². The van der Waals surface area contributed by atoms with Crippen LogP contribution in [0.5, 0.6) is 11.5 Å². The second-order valence-electron chi connectivity index (χ2n) is 6.95. The van der Waals surface area contributed by atoms with Crippen LogP contribution in [0.4, 0.5) is 5.69 Å². The fourth-order valence-electron chi connectivity index (χ4n) is 2.78. The quantitative estimate of drug-likeness (QED) is 0.354. The second-order valence-corrected chi connectivity index (χ2v) is 8.66. The number of amides is 1. The monoisotopic (exact) mass is 523 g/mol. The smallest absolute Gasteiger partial charge is 0.312 e. The van der Waals surface area contributed by atoms with Crippen molar-refractivity contribution in [3.05, 3.63) is 45.1 Å². The third-order valence-corrected chi connectivity index (χ3v) is 5.10. The number of hydrogen-bond donors (Lipinski definition) is 3. The maximum absolute atomic E-state index is 11.7. The van der Waals surface area contributed by atoms with Crippen LogP contribution in [-0.4, -0.2) is 27.0 Å². The second kappa shape index (κ2) is 8.96. The number of carbonyl (C=O) groups excluding carboxylic acids is 1. The summed E-state index contributed by atoms with van der Waals surface area (Å²) in [6, 6.07) is 8.92. The van der Waals surface area contributed by atoms with E-state index in [9.17, 15) is 9.59 Å². The Morgan fingerprint density at radius 2 is 1.90 bits per heavy atom. The van der Waals surface area contributed by atoms with E-state index in [2.05, 4.69) is 61.0 Å². The molecular weight excluding hydrogens is 506 g/mol. The standard InChI is InChI=1S/C20H19Br2N3O4/c1-10(2)5-17-24-15-4-3-12(8-16(15)25-17)29-20-13(21)6-11(7-14(20)22)23-18(26)9-19(27)28/h3-4,6-8,10H,5,9H2,1-2H3,(H,23,26)(H,24,25)(H,27,28). The van der Waals surface area contributed by atoms with Gasteiger partial charge in [0.05, 0.1) is 20.0 Å². The molecule has 3 N–H and O–H groups in total. The third kappa shape index (κ3) is 5.57. The first kappa shape index (κ1) is 21.3. The van der Waals surface area contributed by atoms with Crippen LogP contribution in [0.2, 0.25) is 0 Å². The number of rotatable bonds is 7. The molecule has 1 heterocycles. The van der Waals surface area contributed by atoms with Gasteiger partial charge < -0.3 is 20.1 Å². The molecule has 0 spiro atoms. The van der Waals surface area contributed by atoms with Gasteiger partial charge in [-0.25, -0.2) is 4.98 Å². The maximum atomic E-state index is 11.7. The molecule has 0 aliphatic carbocycles. The number of anilines is 1. The first-order valence-electron chi connectivity index (χ1n) is 8.88. The predicted molar refractivity (Wildman–Crippen MR) is 117 cm³/mol. The van der Waals surface area contributed by atoms with E-state index >= 15 is 0 Å². The number of hydrogen-bond acceptors (Lipinski definition) is 4. The zero-order chi connectivity index (χ0) is 21.1. The summed E-state index contributed by atoms with van der Waals surface area (Å²) < 4.78 is 7.20. The van der Waals surface area contributed by atoms with Crippen LogP contribution in [0.3, 0.4) is 0 Å². The van der Waals surface area contributed by atoms with Crippen molar-refractivity contribution in [3.8, 4) is 11.5 Å². The van der Waals surface area contributed by atoms with Crippen LogP contribution < -0.4 is 10.1 Å². The van der Waals surface area contributed by atoms with Crippen LogP contribution in [0.25, 0.3) is 11.0 Å². The van der Waals surface area contributed by atoms with Crippen LogP contribution in [0.15, 0.2) is 39.3 Å². The zero-order valence-electron chi connectivity index (χ0n) is 15.8. The number of carboxylic acids is 1. The highest BCUT2D eigenvalue weighted by Gasteiger charge is 2.14. The number of nitrogens with zero attached hydrogens (tertiary/aromatic N) is 1. The lowest BCUT2D eigenvalue weighted by Crippen LogP contribution is -2.15. The fraction of sp³-hybridized carbons (Fsp3) is 0.250. The molecule has 29 heavy (non-hydrogen) atoms. The summed E-state index contributed by atoms with van der Waals surface area (Å²) in [5.74, 6) is 0.795. The summed E-state index contributed by atoms with van der Waals surface area (Å²) in [6.07, 6.45) is 0.271. The van der Waals surface area contributed by atoms with E-state index in [0.29, 0.717) is 32.0 Å². The van der Waals surface area contributed by atoms with E-state index in [-0.39, 0.29) is 0 Å². The Morgan fingerprint density at radius 3 is 2.52 bits per heavy atom. The largest absolute Gasteiger partial charge is 0.481 e. The Bertz CT molecular complexity index is 1060. The molecule has 152 valence electrons. The Morgan fingerprint density at radius 1 is 1.21 bits per heavy atom. The number of halogens is 2. The number of H-pyrrole nitrogens is 1. The molecular formula is C20H19Br2N3O4. The summed E-state index contributed by atoms with van der Waals surface area (Å²) in [5, 5.41) is 11.2. The predicted octanol–water partition coefficient (Wildman–Crippen LogP) is 5.49. The number of imidazole rings is 1. The number of aromatic amines is 1. The summed E-state index contributed by atoms with van der Waals surface area (Å²) >= 11 is 6.87. The normalized spacial score (nSPS) is 11.1. The molecule has 7 nitrogen and oxygen atoms in total. The topological polar surface area (TPSA) is 104 Å². The number of aliphatic carboxylic acids is 1. The summed E-state index contributed by atoms with van der Waals surface area (Å²) in [7, 11) is 0. The molecule has 3 rings (SSSR count). The van der Waals surface area contributed by atoms with Gasteiger partial charge >= 0.3 is 5.97 Å². The molecule has 0 saturated carbocycles. The molecule has 0 saturated heterocycles. The fourth-order valence-corrected chi connectivity index (χ4v) is 4.12. The van der Waals surface area contributed by atoms with Gasteiger partial charge in [-0.3, -0.25) is 9.59 Å². The van der Waals surface area contributed by atoms with Gasteiger partial charge in [-0.15, -0.1) is 0 Å². The minimum absolute atomic E-state index is 0.448. The molecule has 3 aromatic rings. The number of fused-ring (bicyclic) bond motifs is 1. The number of nitrogens with one attached hydrogen (secondary N) is 2. The number of benzene rings is 2. The van der Waals surface area contributed by atoms with Crippen LogP contribution in [0.1, 0.15) is 26.1 Å². The van der Waals surface area contributed by atoms with Gasteiger partial charge in [-0.1, -0.05) is 13.8 Å². The van der Waals surface area contributed by atoms with E-state index in [4.69, 9.17) is 9.84 Å². The number of carboxylic acid groups (broad SMARTS) is 1. The van der Waals surface area contributed by atoms with Gasteiger partial charge in [0, 0.05) is 18.2 Å². The molecule has 9 heteroatoms. The first-order valence-corrected chi connectivity index (χ1v) is 10.5. The van der Waals surface area contributed by atoms with Gasteiger partial charge in [0.1, 0.15) is 18.0 Å². The lowest BCUT2D eigenvalue weighted by Gasteiger charge is -2.12. The molecule has 0 aliphatic rings. The Kier molecular flexibility index (Phi) is 6.59.